The number of hydrogen-bond donors (Lipinski definition) is 1. The van der Waals surface area contributed by atoms with Gasteiger partial charge in [0.25, 0.3) is 10.0 Å². The van der Waals surface area contributed by atoms with Crippen LogP contribution in [0.5, 0.6) is 5.75 Å². The van der Waals surface area contributed by atoms with Gasteiger partial charge in [0, 0.05) is 17.1 Å². The molecular weight excluding hydrogens is 618 g/mol. The van der Waals surface area contributed by atoms with Crippen LogP contribution in [-0.2, 0) is 26.2 Å². The average molecular weight is 657 g/mol. The van der Waals surface area contributed by atoms with E-state index in [-0.39, 0.29) is 23.4 Å². The lowest BCUT2D eigenvalue weighted by Crippen LogP contribution is -2.53. The van der Waals surface area contributed by atoms with E-state index in [1.165, 1.54) is 4.90 Å². The molecule has 1 unspecified atom stereocenters. The van der Waals surface area contributed by atoms with Gasteiger partial charge in [-0.1, -0.05) is 65.5 Å². The van der Waals surface area contributed by atoms with E-state index >= 15 is 0 Å². The minimum absolute atomic E-state index is 0.0779. The van der Waals surface area contributed by atoms with Crippen LogP contribution in [0.3, 0.4) is 0 Å². The van der Waals surface area contributed by atoms with Crippen molar-refractivity contribution in [2.45, 2.75) is 69.5 Å². The summed E-state index contributed by atoms with van der Waals surface area (Å²) in [5.41, 5.74) is 2.03. The first-order valence-corrected chi connectivity index (χ1v) is 16.4. The quantitative estimate of drug-likeness (QED) is 0.265. The molecule has 0 bridgehead atoms. The SMILES string of the molecule is CCC(C(=O)NC1CCCC1)N(Cc1cccc(OC)c1)C(=O)CN(c1ccc(Br)cc1)S(=O)(=O)c1ccc(C)cc1. The van der Waals surface area contributed by atoms with Crippen LogP contribution < -0.4 is 14.4 Å². The van der Waals surface area contributed by atoms with Gasteiger partial charge in [0.1, 0.15) is 18.3 Å². The maximum Gasteiger partial charge on any atom is 0.264 e. The van der Waals surface area contributed by atoms with Gasteiger partial charge in [0.05, 0.1) is 17.7 Å². The molecule has 3 aromatic carbocycles. The van der Waals surface area contributed by atoms with E-state index in [9.17, 15) is 18.0 Å². The number of anilines is 1. The molecule has 0 aromatic heterocycles. The molecule has 1 aliphatic rings. The predicted molar refractivity (Wildman–Crippen MR) is 168 cm³/mol. The van der Waals surface area contributed by atoms with Gasteiger partial charge in [-0.05, 0) is 80.3 Å². The number of sulfonamides is 1. The minimum atomic E-state index is -4.12. The van der Waals surface area contributed by atoms with E-state index < -0.39 is 28.5 Å². The Balaban J connectivity index is 1.71. The van der Waals surface area contributed by atoms with Gasteiger partial charge >= 0.3 is 0 Å². The van der Waals surface area contributed by atoms with E-state index in [2.05, 4.69) is 21.2 Å². The van der Waals surface area contributed by atoms with E-state index in [4.69, 9.17) is 4.74 Å². The van der Waals surface area contributed by atoms with Crippen molar-refractivity contribution >= 4 is 43.5 Å². The first kappa shape index (κ1) is 31.6. The molecule has 4 rings (SSSR count). The number of rotatable bonds is 12. The predicted octanol–water partition coefficient (Wildman–Crippen LogP) is 5.83. The molecule has 1 aliphatic carbocycles. The summed E-state index contributed by atoms with van der Waals surface area (Å²) in [7, 11) is -2.55. The minimum Gasteiger partial charge on any atom is -0.497 e. The molecule has 1 N–H and O–H groups in total. The topological polar surface area (TPSA) is 96.0 Å². The maximum absolute atomic E-state index is 14.2. The fourth-order valence-electron chi connectivity index (χ4n) is 5.23. The van der Waals surface area contributed by atoms with Gasteiger partial charge in [-0.25, -0.2) is 8.42 Å². The zero-order valence-corrected chi connectivity index (χ0v) is 26.7. The fraction of sp³-hybridized carbons (Fsp3) is 0.375. The molecular formula is C32H38BrN3O5S. The van der Waals surface area contributed by atoms with Crippen molar-refractivity contribution < 1.29 is 22.7 Å². The van der Waals surface area contributed by atoms with Gasteiger partial charge in [-0.15, -0.1) is 0 Å². The van der Waals surface area contributed by atoms with E-state index in [0.29, 0.717) is 17.9 Å². The Morgan fingerprint density at radius 1 is 1.02 bits per heavy atom. The average Bonchev–Trinajstić information content (AvgIpc) is 3.49. The van der Waals surface area contributed by atoms with Gasteiger partial charge in [0.2, 0.25) is 11.8 Å². The van der Waals surface area contributed by atoms with E-state index in [1.54, 1.807) is 55.6 Å². The number of nitrogens with one attached hydrogen (secondary N) is 1. The van der Waals surface area contributed by atoms with Crippen molar-refractivity contribution in [3.8, 4) is 5.75 Å². The highest BCUT2D eigenvalue weighted by molar-refractivity contribution is 9.10. The standard InChI is InChI=1S/C32H38BrN3O5S/c1-4-30(32(38)34-26-9-5-6-10-26)35(21-24-8-7-11-28(20-24)41-3)31(37)22-36(27-16-14-25(33)15-17-27)42(39,40)29-18-12-23(2)13-19-29/h7-8,11-20,26,30H,4-6,9-10,21-22H2,1-3H3,(H,34,38). The number of aryl methyl sites for hydroxylation is 1. The molecule has 0 saturated heterocycles. The lowest BCUT2D eigenvalue weighted by molar-refractivity contribution is -0.140. The zero-order valence-electron chi connectivity index (χ0n) is 24.3. The first-order chi connectivity index (χ1) is 20.1. The summed E-state index contributed by atoms with van der Waals surface area (Å²) in [5, 5.41) is 3.13. The second-order valence-electron chi connectivity index (χ2n) is 10.6. The number of amides is 2. The number of halogens is 1. The highest BCUT2D eigenvalue weighted by Crippen LogP contribution is 2.27. The number of hydrogen-bond acceptors (Lipinski definition) is 5. The third kappa shape index (κ3) is 7.72. The Hall–Kier alpha value is -3.37. The van der Waals surface area contributed by atoms with Crippen LogP contribution in [0.4, 0.5) is 5.69 Å². The van der Waals surface area contributed by atoms with Crippen molar-refractivity contribution in [1.82, 2.24) is 10.2 Å². The first-order valence-electron chi connectivity index (χ1n) is 14.2. The number of methoxy groups -OCH3 is 1. The Morgan fingerprint density at radius 3 is 2.31 bits per heavy atom. The van der Waals surface area contributed by atoms with E-state index in [1.807, 2.05) is 38.1 Å². The van der Waals surface area contributed by atoms with Crippen LogP contribution >= 0.6 is 15.9 Å². The van der Waals surface area contributed by atoms with Gasteiger partial charge in [0.15, 0.2) is 0 Å². The molecule has 1 fully saturated rings. The van der Waals surface area contributed by atoms with Crippen molar-refractivity contribution in [3.05, 3.63) is 88.4 Å². The molecule has 2 amide bonds. The smallest absolute Gasteiger partial charge is 0.264 e. The molecule has 10 heteroatoms. The van der Waals surface area contributed by atoms with Crippen LogP contribution in [-0.4, -0.2) is 50.9 Å². The normalized spacial score (nSPS) is 14.3. The molecule has 0 aliphatic heterocycles. The summed E-state index contributed by atoms with van der Waals surface area (Å²) in [5.74, 6) is -0.0798. The molecule has 0 radical (unpaired) electrons. The number of ether oxygens (including phenoxy) is 1. The molecule has 42 heavy (non-hydrogen) atoms. The van der Waals surface area contributed by atoms with Gasteiger partial charge in [-0.3, -0.25) is 13.9 Å². The number of carbonyl (C=O) groups excluding carboxylic acids is 2. The van der Waals surface area contributed by atoms with Crippen LogP contribution in [0, 0.1) is 6.92 Å². The monoisotopic (exact) mass is 655 g/mol. The van der Waals surface area contributed by atoms with Crippen molar-refractivity contribution in [2.75, 3.05) is 18.0 Å². The van der Waals surface area contributed by atoms with E-state index in [0.717, 1.165) is 45.6 Å². The lowest BCUT2D eigenvalue weighted by atomic mass is 10.1. The molecule has 0 heterocycles. The second kappa shape index (κ2) is 14.2. The van der Waals surface area contributed by atoms with Gasteiger partial charge < -0.3 is 15.0 Å². The zero-order chi connectivity index (χ0) is 30.3. The molecule has 224 valence electrons. The molecule has 1 atom stereocenters. The summed E-state index contributed by atoms with van der Waals surface area (Å²) in [4.78, 5) is 29.4. The lowest BCUT2D eigenvalue weighted by Gasteiger charge is -2.34. The summed E-state index contributed by atoms with van der Waals surface area (Å²) >= 11 is 3.40. The van der Waals surface area contributed by atoms with Crippen LogP contribution in [0.25, 0.3) is 0 Å². The largest absolute Gasteiger partial charge is 0.497 e. The summed E-state index contributed by atoms with van der Waals surface area (Å²) in [6, 6.07) is 19.9. The van der Waals surface area contributed by atoms with Gasteiger partial charge in [-0.2, -0.15) is 0 Å². The molecule has 8 nitrogen and oxygen atoms in total. The molecule has 0 spiro atoms. The van der Waals surface area contributed by atoms with Crippen molar-refractivity contribution in [3.63, 3.8) is 0 Å². The third-order valence-electron chi connectivity index (χ3n) is 7.58. The Bertz CT molecular complexity index is 1470. The van der Waals surface area contributed by atoms with Crippen molar-refractivity contribution in [2.24, 2.45) is 0 Å². The van der Waals surface area contributed by atoms with Crippen LogP contribution in [0.15, 0.2) is 82.2 Å². The number of carbonyl (C=O) groups is 2. The second-order valence-corrected chi connectivity index (χ2v) is 13.4. The highest BCUT2D eigenvalue weighted by Gasteiger charge is 2.34. The van der Waals surface area contributed by atoms with Crippen molar-refractivity contribution in [1.29, 1.82) is 0 Å². The summed E-state index contributed by atoms with van der Waals surface area (Å²) in [6.07, 6.45) is 4.33. The fourth-order valence-corrected chi connectivity index (χ4v) is 6.91. The highest BCUT2D eigenvalue weighted by atomic mass is 79.9. The molecule has 1 saturated carbocycles. The Morgan fingerprint density at radius 2 is 1.69 bits per heavy atom. The van der Waals surface area contributed by atoms with Crippen LogP contribution in [0.2, 0.25) is 0 Å². The maximum atomic E-state index is 14.2. The summed E-state index contributed by atoms with van der Waals surface area (Å²) in [6.45, 7) is 3.38. The Kier molecular flexibility index (Phi) is 10.7. The van der Waals surface area contributed by atoms with Crippen LogP contribution in [0.1, 0.15) is 50.2 Å². The summed E-state index contributed by atoms with van der Waals surface area (Å²) < 4.78 is 35.2. The third-order valence-corrected chi connectivity index (χ3v) is 9.89. The number of nitrogens with zero attached hydrogens (tertiary/aromatic N) is 2. The number of benzene rings is 3. The molecule has 3 aromatic rings. The Labute approximate surface area is 257 Å².